The van der Waals surface area contributed by atoms with Gasteiger partial charge in [-0.25, -0.2) is 4.79 Å². The standard InChI is InChI=1S/C13H14BrN3O3/c1-9-5-12(16-17(9)2)13(18)20-4-3-19-11-6-10(14)7-15-8-11/h5-8H,3-4H2,1-2H3. The van der Waals surface area contributed by atoms with E-state index in [1.807, 2.05) is 6.92 Å². The Labute approximate surface area is 124 Å². The lowest BCUT2D eigenvalue weighted by Gasteiger charge is -2.06. The lowest BCUT2D eigenvalue weighted by atomic mass is 10.4. The summed E-state index contributed by atoms with van der Waals surface area (Å²) in [5, 5.41) is 4.04. The van der Waals surface area contributed by atoms with Crippen LogP contribution in [0, 0.1) is 6.92 Å². The average molecular weight is 340 g/mol. The second-order valence-electron chi connectivity index (χ2n) is 4.12. The zero-order valence-electron chi connectivity index (χ0n) is 11.2. The molecule has 0 aromatic carbocycles. The average Bonchev–Trinajstić information content (AvgIpc) is 2.75. The Morgan fingerprint density at radius 3 is 2.80 bits per heavy atom. The minimum atomic E-state index is -0.454. The van der Waals surface area contributed by atoms with E-state index in [1.54, 1.807) is 36.3 Å². The van der Waals surface area contributed by atoms with Gasteiger partial charge >= 0.3 is 5.97 Å². The van der Waals surface area contributed by atoms with Crippen LogP contribution in [0.5, 0.6) is 5.75 Å². The van der Waals surface area contributed by atoms with E-state index < -0.39 is 5.97 Å². The van der Waals surface area contributed by atoms with Gasteiger partial charge in [0.15, 0.2) is 5.69 Å². The van der Waals surface area contributed by atoms with Gasteiger partial charge < -0.3 is 9.47 Å². The number of carbonyl (C=O) groups excluding carboxylic acids is 1. The molecule has 0 saturated heterocycles. The van der Waals surface area contributed by atoms with E-state index in [2.05, 4.69) is 26.0 Å². The van der Waals surface area contributed by atoms with E-state index >= 15 is 0 Å². The van der Waals surface area contributed by atoms with Gasteiger partial charge in [0.25, 0.3) is 0 Å². The molecule has 0 bridgehead atoms. The minimum Gasteiger partial charge on any atom is -0.488 e. The van der Waals surface area contributed by atoms with E-state index in [0.717, 1.165) is 10.2 Å². The molecule has 0 radical (unpaired) electrons. The van der Waals surface area contributed by atoms with Crippen LogP contribution >= 0.6 is 15.9 Å². The van der Waals surface area contributed by atoms with Crippen molar-refractivity contribution < 1.29 is 14.3 Å². The predicted molar refractivity (Wildman–Crippen MR) is 75.7 cm³/mol. The highest BCUT2D eigenvalue weighted by Crippen LogP contribution is 2.15. The van der Waals surface area contributed by atoms with Gasteiger partial charge in [0.1, 0.15) is 19.0 Å². The number of esters is 1. The number of carbonyl (C=O) groups is 1. The Hall–Kier alpha value is -1.89. The van der Waals surface area contributed by atoms with Gasteiger partial charge in [-0.05, 0) is 35.0 Å². The van der Waals surface area contributed by atoms with Crippen LogP contribution in [-0.2, 0) is 11.8 Å². The fraction of sp³-hybridized carbons (Fsp3) is 0.308. The van der Waals surface area contributed by atoms with Gasteiger partial charge in [0.2, 0.25) is 0 Å². The predicted octanol–water partition coefficient (Wildman–Crippen LogP) is 2.12. The first-order chi connectivity index (χ1) is 9.56. The minimum absolute atomic E-state index is 0.154. The molecule has 0 aliphatic heterocycles. The van der Waals surface area contributed by atoms with Crippen LogP contribution in [0.4, 0.5) is 0 Å². The Bertz CT molecular complexity index is 593. The SMILES string of the molecule is Cc1cc(C(=O)OCCOc2cncc(Br)c2)nn1C. The van der Waals surface area contributed by atoms with Crippen LogP contribution in [0.3, 0.4) is 0 Å². The molecule has 2 aromatic rings. The van der Waals surface area contributed by atoms with E-state index in [-0.39, 0.29) is 13.2 Å². The molecule has 0 N–H and O–H groups in total. The van der Waals surface area contributed by atoms with Crippen molar-refractivity contribution in [2.75, 3.05) is 13.2 Å². The van der Waals surface area contributed by atoms with Crippen LogP contribution in [0.1, 0.15) is 16.2 Å². The van der Waals surface area contributed by atoms with Crippen LogP contribution in [0.25, 0.3) is 0 Å². The molecule has 0 unspecified atom stereocenters. The third kappa shape index (κ3) is 3.80. The van der Waals surface area contributed by atoms with Crippen molar-refractivity contribution in [2.24, 2.45) is 7.05 Å². The topological polar surface area (TPSA) is 66.2 Å². The molecule has 0 aliphatic carbocycles. The second kappa shape index (κ2) is 6.51. The number of aryl methyl sites for hydroxylation is 2. The molecule has 0 atom stereocenters. The van der Waals surface area contributed by atoms with Crippen molar-refractivity contribution in [3.05, 3.63) is 40.4 Å². The summed E-state index contributed by atoms with van der Waals surface area (Å²) in [5.74, 6) is 0.161. The molecule has 20 heavy (non-hydrogen) atoms. The van der Waals surface area contributed by atoms with E-state index in [0.29, 0.717) is 11.4 Å². The summed E-state index contributed by atoms with van der Waals surface area (Å²) in [4.78, 5) is 15.7. The maximum atomic E-state index is 11.7. The summed E-state index contributed by atoms with van der Waals surface area (Å²) < 4.78 is 12.9. The van der Waals surface area contributed by atoms with Crippen molar-refractivity contribution in [3.8, 4) is 5.75 Å². The van der Waals surface area contributed by atoms with Crippen LogP contribution in [-0.4, -0.2) is 33.9 Å². The highest BCUT2D eigenvalue weighted by atomic mass is 79.9. The second-order valence-corrected chi connectivity index (χ2v) is 5.03. The quantitative estimate of drug-likeness (QED) is 0.616. The number of halogens is 1. The van der Waals surface area contributed by atoms with Gasteiger partial charge in [0.05, 0.1) is 6.20 Å². The maximum Gasteiger partial charge on any atom is 0.358 e. The molecule has 6 nitrogen and oxygen atoms in total. The first-order valence-electron chi connectivity index (χ1n) is 5.97. The monoisotopic (exact) mass is 339 g/mol. The maximum absolute atomic E-state index is 11.7. The van der Waals surface area contributed by atoms with Crippen LogP contribution < -0.4 is 4.74 Å². The first kappa shape index (κ1) is 14.5. The number of nitrogens with zero attached hydrogens (tertiary/aromatic N) is 3. The molecule has 2 rings (SSSR count). The van der Waals surface area contributed by atoms with Crippen LogP contribution in [0.2, 0.25) is 0 Å². The number of aromatic nitrogens is 3. The number of hydrogen-bond acceptors (Lipinski definition) is 5. The number of rotatable bonds is 5. The summed E-state index contributed by atoms with van der Waals surface area (Å²) in [7, 11) is 1.77. The molecule has 0 fully saturated rings. The van der Waals surface area contributed by atoms with Gasteiger partial charge in [0, 0.05) is 23.4 Å². The molecule has 0 saturated carbocycles. The van der Waals surface area contributed by atoms with E-state index in [9.17, 15) is 4.79 Å². The molecule has 0 spiro atoms. The van der Waals surface area contributed by atoms with Gasteiger partial charge in [-0.2, -0.15) is 5.10 Å². The molecule has 7 heteroatoms. The van der Waals surface area contributed by atoms with E-state index in [4.69, 9.17) is 9.47 Å². The molecule has 2 aromatic heterocycles. The van der Waals surface area contributed by atoms with Crippen LogP contribution in [0.15, 0.2) is 29.0 Å². The van der Waals surface area contributed by atoms with E-state index in [1.165, 1.54) is 0 Å². The molecule has 0 amide bonds. The zero-order valence-corrected chi connectivity index (χ0v) is 12.8. The van der Waals surface area contributed by atoms with Gasteiger partial charge in [-0.3, -0.25) is 9.67 Å². The van der Waals surface area contributed by atoms with Crippen molar-refractivity contribution in [1.29, 1.82) is 0 Å². The fourth-order valence-corrected chi connectivity index (χ4v) is 1.84. The Balaban J connectivity index is 1.77. The summed E-state index contributed by atoms with van der Waals surface area (Å²) in [6.07, 6.45) is 3.25. The highest BCUT2D eigenvalue weighted by Gasteiger charge is 2.12. The van der Waals surface area contributed by atoms with Crippen molar-refractivity contribution in [2.45, 2.75) is 6.92 Å². The summed E-state index contributed by atoms with van der Waals surface area (Å²) in [6, 6.07) is 3.47. The highest BCUT2D eigenvalue weighted by molar-refractivity contribution is 9.10. The smallest absolute Gasteiger partial charge is 0.358 e. The molecular formula is C13H14BrN3O3. The van der Waals surface area contributed by atoms with Crippen molar-refractivity contribution in [1.82, 2.24) is 14.8 Å². The third-order valence-corrected chi connectivity index (χ3v) is 3.02. The number of ether oxygens (including phenoxy) is 2. The summed E-state index contributed by atoms with van der Waals surface area (Å²) in [5.41, 5.74) is 1.20. The number of pyridine rings is 1. The van der Waals surface area contributed by atoms with Gasteiger partial charge in [-0.15, -0.1) is 0 Å². The summed E-state index contributed by atoms with van der Waals surface area (Å²) in [6.45, 7) is 2.28. The lowest BCUT2D eigenvalue weighted by Crippen LogP contribution is -2.13. The first-order valence-corrected chi connectivity index (χ1v) is 6.76. The number of hydrogen-bond donors (Lipinski definition) is 0. The lowest BCUT2D eigenvalue weighted by molar-refractivity contribution is 0.0442. The van der Waals surface area contributed by atoms with Crippen molar-refractivity contribution in [3.63, 3.8) is 0 Å². The molecule has 0 aliphatic rings. The Kier molecular flexibility index (Phi) is 4.73. The molecular weight excluding hydrogens is 326 g/mol. The summed E-state index contributed by atoms with van der Waals surface area (Å²) >= 11 is 3.30. The molecule has 106 valence electrons. The Morgan fingerprint density at radius 1 is 1.35 bits per heavy atom. The zero-order chi connectivity index (χ0) is 14.5. The largest absolute Gasteiger partial charge is 0.488 e. The van der Waals surface area contributed by atoms with Gasteiger partial charge in [-0.1, -0.05) is 0 Å². The third-order valence-electron chi connectivity index (χ3n) is 2.59. The van der Waals surface area contributed by atoms with Crippen molar-refractivity contribution >= 4 is 21.9 Å². The Morgan fingerprint density at radius 2 is 2.15 bits per heavy atom. The fourth-order valence-electron chi connectivity index (χ4n) is 1.50. The molecule has 2 heterocycles. The normalized spacial score (nSPS) is 10.3.